The van der Waals surface area contributed by atoms with E-state index < -0.39 is 0 Å². The second kappa shape index (κ2) is 6.86. The van der Waals surface area contributed by atoms with Gasteiger partial charge in [-0.3, -0.25) is 0 Å². The molecule has 0 N–H and O–H groups in total. The lowest BCUT2D eigenvalue weighted by Crippen LogP contribution is -2.01. The molecule has 0 aliphatic carbocycles. The average molecular weight is 400 g/mol. The molecule has 0 heterocycles. The van der Waals surface area contributed by atoms with Gasteiger partial charge >= 0.3 is 0 Å². The fraction of sp³-hybridized carbons (Fsp3) is 0.294. The van der Waals surface area contributed by atoms with Crippen molar-refractivity contribution in [2.24, 2.45) is 0 Å². The Labute approximate surface area is 136 Å². The molecule has 0 radical (unpaired) electrons. The molecular weight excluding hydrogens is 383 g/mol. The van der Waals surface area contributed by atoms with Crippen LogP contribution in [0.1, 0.15) is 40.9 Å². The van der Waals surface area contributed by atoms with E-state index in [1.54, 1.807) is 6.07 Å². The van der Waals surface area contributed by atoms with Gasteiger partial charge in [-0.05, 0) is 57.1 Å². The maximum Gasteiger partial charge on any atom is 0.137 e. The molecule has 1 unspecified atom stereocenters. The Kier molecular flexibility index (Phi) is 5.39. The molecule has 2 aromatic carbocycles. The Morgan fingerprint density at radius 1 is 1.05 bits per heavy atom. The summed E-state index contributed by atoms with van der Waals surface area (Å²) in [5.41, 5.74) is 4.74. The summed E-state index contributed by atoms with van der Waals surface area (Å²) in [4.78, 5) is -0.00553. The quantitative estimate of drug-likeness (QED) is 0.537. The van der Waals surface area contributed by atoms with Gasteiger partial charge in [-0.15, -0.1) is 0 Å². The van der Waals surface area contributed by atoms with Gasteiger partial charge in [0.05, 0.1) is 9.30 Å². The summed E-state index contributed by atoms with van der Waals surface area (Å²) in [6.07, 6.45) is 1.97. The summed E-state index contributed by atoms with van der Waals surface area (Å²) >= 11 is 7.09. The van der Waals surface area contributed by atoms with E-state index in [0.29, 0.717) is 4.47 Å². The Morgan fingerprint density at radius 2 is 1.80 bits per heavy atom. The standard InChI is InChI=1S/C17H17Br2F/c1-3-11-8-9-12(4-2)14(10-11)16(18)13-6-5-7-15(20)17(13)19/h5-10,16H,3-4H2,1-2H3. The molecule has 106 valence electrons. The molecule has 0 saturated carbocycles. The van der Waals surface area contributed by atoms with Crippen molar-refractivity contribution in [1.29, 1.82) is 0 Å². The van der Waals surface area contributed by atoms with Crippen LogP contribution in [0.5, 0.6) is 0 Å². The molecule has 0 aromatic heterocycles. The summed E-state index contributed by atoms with van der Waals surface area (Å²) < 4.78 is 14.2. The minimum absolute atomic E-state index is 0.00553. The summed E-state index contributed by atoms with van der Waals surface area (Å²) in [6.45, 7) is 4.29. The maximum absolute atomic E-state index is 13.7. The minimum Gasteiger partial charge on any atom is -0.206 e. The van der Waals surface area contributed by atoms with E-state index >= 15 is 0 Å². The van der Waals surface area contributed by atoms with Crippen LogP contribution < -0.4 is 0 Å². The van der Waals surface area contributed by atoms with Crippen LogP contribution in [0.3, 0.4) is 0 Å². The first-order valence-corrected chi connectivity index (χ1v) is 8.49. The van der Waals surface area contributed by atoms with Crippen LogP contribution in [0.2, 0.25) is 0 Å². The van der Waals surface area contributed by atoms with E-state index in [0.717, 1.165) is 18.4 Å². The highest BCUT2D eigenvalue weighted by atomic mass is 79.9. The van der Waals surface area contributed by atoms with Crippen LogP contribution >= 0.6 is 31.9 Å². The Balaban J connectivity index is 2.51. The summed E-state index contributed by atoms with van der Waals surface area (Å²) in [5, 5.41) is 0. The molecular formula is C17H17Br2F. The lowest BCUT2D eigenvalue weighted by Gasteiger charge is -2.18. The van der Waals surface area contributed by atoms with Crippen molar-refractivity contribution in [2.75, 3.05) is 0 Å². The first-order chi connectivity index (χ1) is 9.58. The number of hydrogen-bond donors (Lipinski definition) is 0. The largest absolute Gasteiger partial charge is 0.206 e. The molecule has 0 amide bonds. The van der Waals surface area contributed by atoms with E-state index in [9.17, 15) is 4.39 Å². The summed E-state index contributed by atoms with van der Waals surface area (Å²) in [5.74, 6) is -0.225. The molecule has 0 aliphatic rings. The molecule has 0 spiro atoms. The summed E-state index contributed by atoms with van der Waals surface area (Å²) in [7, 11) is 0. The van der Waals surface area contributed by atoms with Crippen molar-refractivity contribution >= 4 is 31.9 Å². The van der Waals surface area contributed by atoms with E-state index in [4.69, 9.17) is 0 Å². The van der Waals surface area contributed by atoms with Crippen LogP contribution in [-0.4, -0.2) is 0 Å². The SMILES string of the molecule is CCc1ccc(CC)c(C(Br)c2cccc(F)c2Br)c1. The zero-order valence-electron chi connectivity index (χ0n) is 11.6. The van der Waals surface area contributed by atoms with Crippen LogP contribution in [0.4, 0.5) is 4.39 Å². The molecule has 0 fully saturated rings. The summed E-state index contributed by atoms with van der Waals surface area (Å²) in [6, 6.07) is 11.7. The molecule has 1 atom stereocenters. The normalized spacial score (nSPS) is 12.4. The lowest BCUT2D eigenvalue weighted by molar-refractivity contribution is 0.618. The van der Waals surface area contributed by atoms with Crippen molar-refractivity contribution < 1.29 is 4.39 Å². The van der Waals surface area contributed by atoms with Crippen molar-refractivity contribution in [1.82, 2.24) is 0 Å². The third kappa shape index (κ3) is 3.15. The van der Waals surface area contributed by atoms with Crippen LogP contribution in [0, 0.1) is 5.82 Å². The highest BCUT2D eigenvalue weighted by Crippen LogP contribution is 2.38. The molecule has 0 nitrogen and oxygen atoms in total. The van der Waals surface area contributed by atoms with Crippen molar-refractivity contribution in [3.63, 3.8) is 0 Å². The molecule has 2 aromatic rings. The lowest BCUT2D eigenvalue weighted by atomic mass is 9.95. The first kappa shape index (κ1) is 15.7. The molecule has 0 aliphatic heterocycles. The fourth-order valence-corrected chi connectivity index (χ4v) is 3.91. The van der Waals surface area contributed by atoms with E-state index in [1.165, 1.54) is 22.8 Å². The molecule has 3 heteroatoms. The van der Waals surface area contributed by atoms with Gasteiger partial charge in [0.15, 0.2) is 0 Å². The molecule has 0 bridgehead atoms. The van der Waals surface area contributed by atoms with E-state index in [1.807, 2.05) is 6.07 Å². The van der Waals surface area contributed by atoms with Gasteiger partial charge in [-0.1, -0.05) is 60.1 Å². The average Bonchev–Trinajstić information content (AvgIpc) is 2.48. The predicted octanol–water partition coefficient (Wildman–Crippen LogP) is 6.20. The fourth-order valence-electron chi connectivity index (χ4n) is 2.31. The third-order valence-corrected chi connectivity index (χ3v) is 5.35. The topological polar surface area (TPSA) is 0 Å². The number of aryl methyl sites for hydroxylation is 2. The Morgan fingerprint density at radius 3 is 2.45 bits per heavy atom. The minimum atomic E-state index is -0.225. The maximum atomic E-state index is 13.7. The van der Waals surface area contributed by atoms with Crippen molar-refractivity contribution in [3.8, 4) is 0 Å². The number of benzene rings is 2. The number of rotatable bonds is 4. The zero-order valence-corrected chi connectivity index (χ0v) is 14.8. The predicted molar refractivity (Wildman–Crippen MR) is 90.1 cm³/mol. The van der Waals surface area contributed by atoms with E-state index in [-0.39, 0.29) is 10.6 Å². The van der Waals surface area contributed by atoms with Crippen molar-refractivity contribution in [3.05, 3.63) is 68.9 Å². The van der Waals surface area contributed by atoms with Gasteiger partial charge in [0.25, 0.3) is 0 Å². The first-order valence-electron chi connectivity index (χ1n) is 6.78. The third-order valence-electron chi connectivity index (χ3n) is 3.53. The molecule has 2 rings (SSSR count). The number of hydrogen-bond acceptors (Lipinski definition) is 0. The number of alkyl halides is 1. The van der Waals surface area contributed by atoms with Crippen LogP contribution in [0.25, 0.3) is 0 Å². The molecule has 20 heavy (non-hydrogen) atoms. The second-order valence-electron chi connectivity index (χ2n) is 4.75. The van der Waals surface area contributed by atoms with Crippen LogP contribution in [-0.2, 0) is 12.8 Å². The van der Waals surface area contributed by atoms with Gasteiger partial charge < -0.3 is 0 Å². The van der Waals surface area contributed by atoms with Gasteiger partial charge in [-0.2, -0.15) is 0 Å². The highest BCUT2D eigenvalue weighted by Gasteiger charge is 2.18. The van der Waals surface area contributed by atoms with E-state index in [2.05, 4.69) is 63.9 Å². The van der Waals surface area contributed by atoms with Crippen molar-refractivity contribution in [2.45, 2.75) is 31.5 Å². The van der Waals surface area contributed by atoms with Crippen LogP contribution in [0.15, 0.2) is 40.9 Å². The van der Waals surface area contributed by atoms with Gasteiger partial charge in [-0.25, -0.2) is 4.39 Å². The highest BCUT2D eigenvalue weighted by molar-refractivity contribution is 9.11. The molecule has 0 saturated heterocycles. The zero-order chi connectivity index (χ0) is 14.7. The Hall–Kier alpha value is -0.670. The number of halogens is 3. The Bertz CT molecular complexity index is 608. The van der Waals surface area contributed by atoms with Gasteiger partial charge in [0.2, 0.25) is 0 Å². The smallest absolute Gasteiger partial charge is 0.137 e. The second-order valence-corrected chi connectivity index (χ2v) is 6.45. The monoisotopic (exact) mass is 398 g/mol. The van der Waals surface area contributed by atoms with Gasteiger partial charge in [0.1, 0.15) is 5.82 Å². The van der Waals surface area contributed by atoms with Gasteiger partial charge in [0, 0.05) is 0 Å².